The van der Waals surface area contributed by atoms with E-state index in [0.29, 0.717) is 12.2 Å². The SMILES string of the molecule is CCCOC(=O)c1ccccc1C(=O)Nc1c(C)cccc1CC. The van der Waals surface area contributed by atoms with E-state index in [0.717, 1.165) is 29.7 Å². The zero-order chi connectivity index (χ0) is 17.5. The second-order valence-electron chi connectivity index (χ2n) is 5.60. The molecule has 2 aromatic carbocycles. The molecule has 0 aliphatic rings. The van der Waals surface area contributed by atoms with Crippen LogP contribution in [0.15, 0.2) is 42.5 Å². The summed E-state index contributed by atoms with van der Waals surface area (Å²) in [6.45, 7) is 6.26. The van der Waals surface area contributed by atoms with Crippen LogP contribution in [0.2, 0.25) is 0 Å². The molecule has 0 fully saturated rings. The fraction of sp³-hybridized carbons (Fsp3) is 0.300. The number of ether oxygens (including phenoxy) is 1. The maximum Gasteiger partial charge on any atom is 0.338 e. The quantitative estimate of drug-likeness (QED) is 0.802. The van der Waals surface area contributed by atoms with Gasteiger partial charge in [0.25, 0.3) is 5.91 Å². The summed E-state index contributed by atoms with van der Waals surface area (Å²) in [6, 6.07) is 12.6. The molecule has 0 saturated heterocycles. The molecule has 0 bridgehead atoms. The number of rotatable bonds is 6. The van der Waals surface area contributed by atoms with Gasteiger partial charge in [-0.25, -0.2) is 4.79 Å². The van der Waals surface area contributed by atoms with Crippen molar-refractivity contribution in [1.29, 1.82) is 0 Å². The third-order valence-electron chi connectivity index (χ3n) is 3.81. The molecule has 2 aromatic rings. The van der Waals surface area contributed by atoms with E-state index in [1.54, 1.807) is 24.3 Å². The Morgan fingerprint density at radius 1 is 1.00 bits per heavy atom. The van der Waals surface area contributed by atoms with E-state index in [4.69, 9.17) is 4.74 Å². The summed E-state index contributed by atoms with van der Waals surface area (Å²) in [5, 5.41) is 2.95. The molecule has 1 amide bonds. The lowest BCUT2D eigenvalue weighted by molar-refractivity contribution is 0.0502. The summed E-state index contributed by atoms with van der Waals surface area (Å²) in [6.07, 6.45) is 1.56. The molecule has 0 aromatic heterocycles. The van der Waals surface area contributed by atoms with E-state index >= 15 is 0 Å². The number of aryl methyl sites for hydroxylation is 2. The number of esters is 1. The van der Waals surface area contributed by atoms with Gasteiger partial charge in [0, 0.05) is 5.69 Å². The number of para-hydroxylation sites is 1. The highest BCUT2D eigenvalue weighted by Crippen LogP contribution is 2.22. The predicted octanol–water partition coefficient (Wildman–Crippen LogP) is 4.38. The molecule has 2 rings (SSSR count). The Hall–Kier alpha value is -2.62. The van der Waals surface area contributed by atoms with E-state index < -0.39 is 5.97 Å². The van der Waals surface area contributed by atoms with Gasteiger partial charge in [-0.3, -0.25) is 4.79 Å². The number of hydrogen-bond acceptors (Lipinski definition) is 3. The lowest BCUT2D eigenvalue weighted by atomic mass is 10.0. The normalized spacial score (nSPS) is 10.3. The zero-order valence-electron chi connectivity index (χ0n) is 14.4. The number of benzene rings is 2. The third kappa shape index (κ3) is 4.02. The molecule has 1 N–H and O–H groups in total. The largest absolute Gasteiger partial charge is 0.462 e. The van der Waals surface area contributed by atoms with Crippen LogP contribution in [0, 0.1) is 6.92 Å². The van der Waals surface area contributed by atoms with Gasteiger partial charge in [-0.05, 0) is 43.0 Å². The van der Waals surface area contributed by atoms with E-state index in [2.05, 4.69) is 5.32 Å². The lowest BCUT2D eigenvalue weighted by Gasteiger charge is -2.14. The van der Waals surface area contributed by atoms with Crippen molar-refractivity contribution in [2.75, 3.05) is 11.9 Å². The van der Waals surface area contributed by atoms with Crippen LogP contribution in [0.1, 0.15) is 52.1 Å². The Bertz CT molecular complexity index is 737. The van der Waals surface area contributed by atoms with Gasteiger partial charge in [0.15, 0.2) is 0 Å². The maximum atomic E-state index is 12.7. The van der Waals surface area contributed by atoms with Crippen LogP contribution in [0.5, 0.6) is 0 Å². The summed E-state index contributed by atoms with van der Waals surface area (Å²) in [5.41, 5.74) is 3.48. The van der Waals surface area contributed by atoms with Gasteiger partial charge in [0.2, 0.25) is 0 Å². The summed E-state index contributed by atoms with van der Waals surface area (Å²) in [7, 11) is 0. The highest BCUT2D eigenvalue weighted by Gasteiger charge is 2.19. The number of nitrogens with one attached hydrogen (secondary N) is 1. The Labute approximate surface area is 142 Å². The smallest absolute Gasteiger partial charge is 0.338 e. The van der Waals surface area contributed by atoms with Gasteiger partial charge in [0.05, 0.1) is 17.7 Å². The van der Waals surface area contributed by atoms with Gasteiger partial charge in [0.1, 0.15) is 0 Å². The molecule has 0 saturated carbocycles. The molecule has 0 heterocycles. The number of amides is 1. The number of hydrogen-bond donors (Lipinski definition) is 1. The fourth-order valence-electron chi connectivity index (χ4n) is 2.51. The first-order chi connectivity index (χ1) is 11.6. The van der Waals surface area contributed by atoms with Crippen LogP contribution < -0.4 is 5.32 Å². The van der Waals surface area contributed by atoms with E-state index in [9.17, 15) is 9.59 Å². The monoisotopic (exact) mass is 325 g/mol. The van der Waals surface area contributed by atoms with Gasteiger partial charge in [-0.2, -0.15) is 0 Å². The summed E-state index contributed by atoms with van der Waals surface area (Å²) >= 11 is 0. The van der Waals surface area contributed by atoms with Crippen LogP contribution in [0.25, 0.3) is 0 Å². The first-order valence-corrected chi connectivity index (χ1v) is 8.24. The van der Waals surface area contributed by atoms with Crippen molar-refractivity contribution in [1.82, 2.24) is 0 Å². The molecule has 0 unspecified atom stereocenters. The average molecular weight is 325 g/mol. The van der Waals surface area contributed by atoms with Crippen molar-refractivity contribution in [2.45, 2.75) is 33.6 Å². The van der Waals surface area contributed by atoms with Crippen LogP contribution in [-0.4, -0.2) is 18.5 Å². The molecule has 24 heavy (non-hydrogen) atoms. The van der Waals surface area contributed by atoms with Crippen LogP contribution in [0.4, 0.5) is 5.69 Å². The highest BCUT2D eigenvalue weighted by molar-refractivity contribution is 6.11. The van der Waals surface area contributed by atoms with Gasteiger partial charge in [-0.15, -0.1) is 0 Å². The molecule has 4 heteroatoms. The van der Waals surface area contributed by atoms with Gasteiger partial charge < -0.3 is 10.1 Å². The Balaban J connectivity index is 2.30. The van der Waals surface area contributed by atoms with Crippen LogP contribution >= 0.6 is 0 Å². The Morgan fingerprint density at radius 2 is 1.71 bits per heavy atom. The number of carbonyl (C=O) groups is 2. The second-order valence-corrected chi connectivity index (χ2v) is 5.60. The minimum Gasteiger partial charge on any atom is -0.462 e. The minimum atomic E-state index is -0.469. The van der Waals surface area contributed by atoms with Crippen molar-refractivity contribution >= 4 is 17.6 Å². The second kappa shape index (κ2) is 8.29. The van der Waals surface area contributed by atoms with Crippen LogP contribution in [-0.2, 0) is 11.2 Å². The first kappa shape index (κ1) is 17.7. The molecular formula is C20H23NO3. The number of anilines is 1. The molecular weight excluding hydrogens is 302 g/mol. The van der Waals surface area contributed by atoms with E-state index in [1.807, 2.05) is 39.0 Å². The first-order valence-electron chi connectivity index (χ1n) is 8.24. The van der Waals surface area contributed by atoms with Crippen LogP contribution in [0.3, 0.4) is 0 Å². The Kier molecular flexibility index (Phi) is 6.13. The molecule has 0 radical (unpaired) electrons. The highest BCUT2D eigenvalue weighted by atomic mass is 16.5. The fourth-order valence-corrected chi connectivity index (χ4v) is 2.51. The lowest BCUT2D eigenvalue weighted by Crippen LogP contribution is -2.19. The van der Waals surface area contributed by atoms with Crippen molar-refractivity contribution in [3.8, 4) is 0 Å². The molecule has 0 aliphatic heterocycles. The topological polar surface area (TPSA) is 55.4 Å². The summed E-state index contributed by atoms with van der Waals surface area (Å²) in [4.78, 5) is 24.9. The standard InChI is InChI=1S/C20H23NO3/c1-4-13-24-20(23)17-12-7-6-11-16(17)19(22)21-18-14(3)9-8-10-15(18)5-2/h6-12H,4-5,13H2,1-3H3,(H,21,22). The average Bonchev–Trinajstić information content (AvgIpc) is 2.61. The molecule has 0 atom stereocenters. The van der Waals surface area contributed by atoms with Crippen molar-refractivity contribution in [2.24, 2.45) is 0 Å². The molecule has 0 aliphatic carbocycles. The third-order valence-corrected chi connectivity index (χ3v) is 3.81. The number of carbonyl (C=O) groups excluding carboxylic acids is 2. The van der Waals surface area contributed by atoms with Gasteiger partial charge >= 0.3 is 5.97 Å². The summed E-state index contributed by atoms with van der Waals surface area (Å²) < 4.78 is 5.17. The van der Waals surface area contributed by atoms with E-state index in [-0.39, 0.29) is 11.5 Å². The van der Waals surface area contributed by atoms with E-state index in [1.165, 1.54) is 0 Å². The molecule has 126 valence electrons. The molecule has 0 spiro atoms. The van der Waals surface area contributed by atoms with Gasteiger partial charge in [-0.1, -0.05) is 44.2 Å². The van der Waals surface area contributed by atoms with Crippen molar-refractivity contribution in [3.63, 3.8) is 0 Å². The molecule has 4 nitrogen and oxygen atoms in total. The maximum absolute atomic E-state index is 12.7. The zero-order valence-corrected chi connectivity index (χ0v) is 14.4. The van der Waals surface area contributed by atoms with Crippen molar-refractivity contribution < 1.29 is 14.3 Å². The Morgan fingerprint density at radius 3 is 2.38 bits per heavy atom. The predicted molar refractivity (Wildman–Crippen MR) is 95.5 cm³/mol. The van der Waals surface area contributed by atoms with Crippen molar-refractivity contribution in [3.05, 3.63) is 64.7 Å². The summed E-state index contributed by atoms with van der Waals surface area (Å²) in [5.74, 6) is -0.772. The minimum absolute atomic E-state index is 0.287.